The smallest absolute Gasteiger partial charge is 0.224 e. The van der Waals surface area contributed by atoms with Gasteiger partial charge in [0.25, 0.3) is 0 Å². The third-order valence-corrected chi connectivity index (χ3v) is 6.41. The van der Waals surface area contributed by atoms with Crippen LogP contribution in [0.25, 0.3) is 22.3 Å². The summed E-state index contributed by atoms with van der Waals surface area (Å²) in [6, 6.07) is 18.6. The van der Waals surface area contributed by atoms with Gasteiger partial charge in [0.2, 0.25) is 5.95 Å². The molecule has 7 heteroatoms. The van der Waals surface area contributed by atoms with Crippen molar-refractivity contribution in [1.29, 1.82) is 0 Å². The Labute approximate surface area is 194 Å². The summed E-state index contributed by atoms with van der Waals surface area (Å²) in [5.74, 6) is 2.01. The van der Waals surface area contributed by atoms with E-state index in [0.717, 1.165) is 65.8 Å². The van der Waals surface area contributed by atoms with Gasteiger partial charge in [-0.3, -0.25) is 0 Å². The lowest BCUT2D eigenvalue weighted by Crippen LogP contribution is -2.28. The highest BCUT2D eigenvalue weighted by molar-refractivity contribution is 5.91. The van der Waals surface area contributed by atoms with Gasteiger partial charge in [-0.2, -0.15) is 10.1 Å². The molecule has 5 rings (SSSR count). The van der Waals surface area contributed by atoms with E-state index in [2.05, 4.69) is 39.2 Å². The van der Waals surface area contributed by atoms with Gasteiger partial charge in [-0.15, -0.1) is 0 Å². The largest absolute Gasteiger partial charge is 0.489 e. The van der Waals surface area contributed by atoms with Crippen LogP contribution < -0.4 is 15.8 Å². The van der Waals surface area contributed by atoms with E-state index in [0.29, 0.717) is 24.5 Å². The molecular weight excluding hydrogens is 412 g/mol. The molecule has 0 amide bonds. The fourth-order valence-corrected chi connectivity index (χ4v) is 4.48. The fourth-order valence-electron chi connectivity index (χ4n) is 4.48. The highest BCUT2D eigenvalue weighted by Crippen LogP contribution is 2.31. The van der Waals surface area contributed by atoms with Gasteiger partial charge in [-0.25, -0.2) is 9.67 Å². The monoisotopic (exact) mass is 442 g/mol. The van der Waals surface area contributed by atoms with Gasteiger partial charge in [0.15, 0.2) is 5.65 Å². The lowest BCUT2D eigenvalue weighted by Gasteiger charge is -2.25. The van der Waals surface area contributed by atoms with Crippen molar-refractivity contribution in [2.75, 3.05) is 12.4 Å². The molecule has 0 saturated heterocycles. The minimum absolute atomic E-state index is 0.340. The highest BCUT2D eigenvalue weighted by Gasteiger charge is 2.22. The second-order valence-electron chi connectivity index (χ2n) is 8.79. The number of nitrogens with one attached hydrogen (secondary N) is 1. The van der Waals surface area contributed by atoms with Crippen LogP contribution in [0.5, 0.6) is 5.75 Å². The average molecular weight is 443 g/mol. The Hall–Kier alpha value is -3.45. The quantitative estimate of drug-likeness (QED) is 0.434. The third-order valence-electron chi connectivity index (χ3n) is 6.41. The summed E-state index contributed by atoms with van der Waals surface area (Å²) in [7, 11) is 1.83. The van der Waals surface area contributed by atoms with Gasteiger partial charge < -0.3 is 15.8 Å². The predicted molar refractivity (Wildman–Crippen MR) is 131 cm³/mol. The summed E-state index contributed by atoms with van der Waals surface area (Å²) in [6.45, 7) is 1.39. The molecule has 3 N–H and O–H groups in total. The van der Waals surface area contributed by atoms with Gasteiger partial charge in [0.05, 0.1) is 5.39 Å². The zero-order valence-electron chi connectivity index (χ0n) is 18.9. The van der Waals surface area contributed by atoms with Crippen molar-refractivity contribution in [3.63, 3.8) is 0 Å². The molecule has 1 aliphatic carbocycles. The first-order chi connectivity index (χ1) is 16.2. The standard InChI is InChI=1S/C26H30N6O/c1-28-26-29-15-23-24(31-32(25(23)30-26)16-18-7-11-21(27)12-8-18)20-9-13-22(14-10-20)33-17-19-5-3-2-4-6-19/h2-6,9-10,13-15,18,21H,7-8,11-12,16-17,27H2,1H3,(H,28,29,30). The van der Waals surface area contributed by atoms with Gasteiger partial charge in [0, 0.05) is 31.4 Å². The first-order valence-corrected chi connectivity index (χ1v) is 11.6. The van der Waals surface area contributed by atoms with Crippen molar-refractivity contribution in [2.24, 2.45) is 11.7 Å². The van der Waals surface area contributed by atoms with Crippen molar-refractivity contribution >= 4 is 17.0 Å². The van der Waals surface area contributed by atoms with Gasteiger partial charge in [-0.1, -0.05) is 30.3 Å². The van der Waals surface area contributed by atoms with Crippen LogP contribution in [0.2, 0.25) is 0 Å². The van der Waals surface area contributed by atoms with Crippen LogP contribution in [-0.4, -0.2) is 32.8 Å². The summed E-state index contributed by atoms with van der Waals surface area (Å²) in [5, 5.41) is 8.99. The molecule has 0 spiro atoms. The number of hydrogen-bond donors (Lipinski definition) is 2. The Morgan fingerprint density at radius 3 is 2.52 bits per heavy atom. The van der Waals surface area contributed by atoms with Crippen molar-refractivity contribution in [3.05, 3.63) is 66.4 Å². The minimum Gasteiger partial charge on any atom is -0.489 e. The summed E-state index contributed by atoms with van der Waals surface area (Å²) >= 11 is 0. The van der Waals surface area contributed by atoms with Crippen molar-refractivity contribution in [2.45, 2.75) is 44.9 Å². The molecule has 1 fully saturated rings. The Morgan fingerprint density at radius 2 is 1.79 bits per heavy atom. The van der Waals surface area contributed by atoms with Crippen LogP contribution in [-0.2, 0) is 13.2 Å². The highest BCUT2D eigenvalue weighted by atomic mass is 16.5. The fraction of sp³-hybridized carbons (Fsp3) is 0.346. The number of anilines is 1. The maximum absolute atomic E-state index is 6.10. The number of hydrogen-bond acceptors (Lipinski definition) is 6. The van der Waals surface area contributed by atoms with Crippen LogP contribution in [0.4, 0.5) is 5.95 Å². The topological polar surface area (TPSA) is 90.9 Å². The zero-order chi connectivity index (χ0) is 22.6. The molecule has 7 nitrogen and oxygen atoms in total. The molecule has 2 aromatic heterocycles. The number of nitrogens with two attached hydrogens (primary N) is 1. The summed E-state index contributed by atoms with van der Waals surface area (Å²) in [5.41, 5.74) is 10.0. The second kappa shape index (κ2) is 9.58. The van der Waals surface area contributed by atoms with E-state index >= 15 is 0 Å². The summed E-state index contributed by atoms with van der Waals surface area (Å²) in [6.07, 6.45) is 6.30. The molecular formula is C26H30N6O. The van der Waals surface area contributed by atoms with E-state index in [-0.39, 0.29) is 0 Å². The molecule has 0 bridgehead atoms. The van der Waals surface area contributed by atoms with Gasteiger partial charge in [-0.05, 0) is 61.4 Å². The molecule has 0 aliphatic heterocycles. The van der Waals surface area contributed by atoms with Crippen LogP contribution in [0.1, 0.15) is 31.2 Å². The maximum atomic E-state index is 6.10. The van der Waals surface area contributed by atoms with E-state index in [4.69, 9.17) is 20.6 Å². The van der Waals surface area contributed by atoms with E-state index in [1.807, 2.05) is 43.6 Å². The first-order valence-electron chi connectivity index (χ1n) is 11.6. The predicted octanol–water partition coefficient (Wildman–Crippen LogP) is 4.63. The molecule has 2 aromatic carbocycles. The Morgan fingerprint density at radius 1 is 1.03 bits per heavy atom. The average Bonchev–Trinajstić information content (AvgIpc) is 3.22. The van der Waals surface area contributed by atoms with Gasteiger partial charge >= 0.3 is 0 Å². The lowest BCUT2D eigenvalue weighted by atomic mass is 9.86. The Bertz CT molecular complexity index is 1200. The number of aromatic nitrogens is 4. The van der Waals surface area contributed by atoms with E-state index < -0.39 is 0 Å². The molecule has 2 heterocycles. The lowest BCUT2D eigenvalue weighted by molar-refractivity contribution is 0.288. The van der Waals surface area contributed by atoms with E-state index in [9.17, 15) is 0 Å². The summed E-state index contributed by atoms with van der Waals surface area (Å²) in [4.78, 5) is 9.18. The first kappa shape index (κ1) is 21.4. The summed E-state index contributed by atoms with van der Waals surface area (Å²) < 4.78 is 8.00. The number of benzene rings is 2. The minimum atomic E-state index is 0.340. The zero-order valence-corrected chi connectivity index (χ0v) is 18.9. The maximum Gasteiger partial charge on any atom is 0.224 e. The number of ether oxygens (including phenoxy) is 1. The Kier molecular flexibility index (Phi) is 6.21. The second-order valence-corrected chi connectivity index (χ2v) is 8.79. The molecule has 0 radical (unpaired) electrons. The normalized spacial score (nSPS) is 18.4. The third kappa shape index (κ3) is 4.83. The van der Waals surface area contributed by atoms with Crippen molar-refractivity contribution in [3.8, 4) is 17.0 Å². The van der Waals surface area contributed by atoms with Crippen LogP contribution >= 0.6 is 0 Å². The van der Waals surface area contributed by atoms with Crippen molar-refractivity contribution in [1.82, 2.24) is 19.7 Å². The molecule has 1 saturated carbocycles. The number of nitrogens with zero attached hydrogens (tertiary/aromatic N) is 4. The SMILES string of the molecule is CNc1ncc2c(-c3ccc(OCc4ccccc4)cc3)nn(CC3CCC(N)CC3)c2n1. The molecule has 1 aliphatic rings. The van der Waals surface area contributed by atoms with Crippen LogP contribution in [0.15, 0.2) is 60.8 Å². The molecule has 0 unspecified atom stereocenters. The van der Waals surface area contributed by atoms with Gasteiger partial charge in [0.1, 0.15) is 18.1 Å². The molecule has 170 valence electrons. The van der Waals surface area contributed by atoms with E-state index in [1.54, 1.807) is 0 Å². The molecule has 33 heavy (non-hydrogen) atoms. The molecule has 0 atom stereocenters. The van der Waals surface area contributed by atoms with Crippen LogP contribution in [0.3, 0.4) is 0 Å². The van der Waals surface area contributed by atoms with Crippen molar-refractivity contribution < 1.29 is 4.74 Å². The van der Waals surface area contributed by atoms with Crippen LogP contribution in [0, 0.1) is 5.92 Å². The van der Waals surface area contributed by atoms with E-state index in [1.165, 1.54) is 0 Å². The number of rotatable bonds is 7. The molecule has 4 aromatic rings. The Balaban J connectivity index is 1.40. The number of fused-ring (bicyclic) bond motifs is 1.